The van der Waals surface area contributed by atoms with Crippen molar-refractivity contribution in [1.29, 1.82) is 0 Å². The summed E-state index contributed by atoms with van der Waals surface area (Å²) in [7, 11) is 0. The highest BCUT2D eigenvalue weighted by Crippen LogP contribution is 2.37. The van der Waals surface area contributed by atoms with Crippen LogP contribution < -0.4 is 9.47 Å². The van der Waals surface area contributed by atoms with Crippen molar-refractivity contribution in [2.24, 2.45) is 0 Å². The number of nitro benzene ring substituents is 1. The minimum atomic E-state index is -0.482. The average Bonchev–Trinajstić information content (AvgIpc) is 2.19. The minimum Gasteiger partial charge on any atom is -0.479 e. The molecule has 5 heteroatoms. The minimum absolute atomic E-state index is 0.0281. The Labute approximate surface area is 86.1 Å². The molecule has 0 aromatic heterocycles. The predicted molar refractivity (Wildman–Crippen MR) is 53.0 cm³/mol. The largest absolute Gasteiger partial charge is 0.479 e. The zero-order valence-electron chi connectivity index (χ0n) is 8.10. The molecule has 1 unspecified atom stereocenters. The third-order valence-electron chi connectivity index (χ3n) is 2.14. The number of hydrogen-bond donors (Lipinski definition) is 0. The Morgan fingerprint density at radius 2 is 2.20 bits per heavy atom. The Balaban J connectivity index is 2.41. The van der Waals surface area contributed by atoms with Crippen molar-refractivity contribution in [1.82, 2.24) is 0 Å². The fraction of sp³-hybridized carbons (Fsp3) is 0.200. The quantitative estimate of drug-likeness (QED) is 0.523. The predicted octanol–water partition coefficient (Wildman–Crippen LogP) is 2.27. The van der Waals surface area contributed by atoms with Crippen LogP contribution in [0.3, 0.4) is 0 Å². The summed E-state index contributed by atoms with van der Waals surface area (Å²) in [6.07, 6.45) is -0.237. The van der Waals surface area contributed by atoms with E-state index in [9.17, 15) is 10.1 Å². The van der Waals surface area contributed by atoms with Crippen molar-refractivity contribution in [3.63, 3.8) is 0 Å². The molecule has 78 valence electrons. The molecule has 1 atom stereocenters. The third-order valence-corrected chi connectivity index (χ3v) is 2.14. The van der Waals surface area contributed by atoms with Gasteiger partial charge in [0.25, 0.3) is 5.69 Å². The van der Waals surface area contributed by atoms with Crippen LogP contribution in [0.4, 0.5) is 5.69 Å². The molecule has 0 saturated carbocycles. The normalized spacial score (nSPS) is 18.7. The summed E-state index contributed by atoms with van der Waals surface area (Å²) in [4.78, 5) is 10.0. The number of nitrogens with zero attached hydrogens (tertiary/aromatic N) is 1. The molecule has 0 amide bonds. The van der Waals surface area contributed by atoms with Crippen molar-refractivity contribution < 1.29 is 14.4 Å². The maximum atomic E-state index is 10.5. The van der Waals surface area contributed by atoms with E-state index in [0.29, 0.717) is 17.3 Å². The second-order valence-corrected chi connectivity index (χ2v) is 3.22. The molecule has 1 aromatic rings. The molecule has 0 fully saturated rings. The van der Waals surface area contributed by atoms with Gasteiger partial charge in [0.05, 0.1) is 11.0 Å². The number of benzene rings is 1. The van der Waals surface area contributed by atoms with Gasteiger partial charge in [0.2, 0.25) is 0 Å². The Bertz CT molecular complexity index is 441. The van der Waals surface area contributed by atoms with Crippen molar-refractivity contribution in [3.8, 4) is 11.5 Å². The van der Waals surface area contributed by atoms with Crippen molar-refractivity contribution in [3.05, 3.63) is 40.7 Å². The summed E-state index contributed by atoms with van der Waals surface area (Å²) in [5, 5.41) is 10.5. The first-order chi connectivity index (χ1) is 7.08. The average molecular weight is 207 g/mol. The van der Waals surface area contributed by atoms with Crippen LogP contribution in [0.5, 0.6) is 11.5 Å². The smallest absolute Gasteiger partial charge is 0.273 e. The Hall–Kier alpha value is -2.04. The van der Waals surface area contributed by atoms with Gasteiger partial charge in [-0.05, 0) is 13.0 Å². The molecule has 0 aliphatic carbocycles. The van der Waals surface area contributed by atoms with Crippen molar-refractivity contribution in [2.75, 3.05) is 0 Å². The Kier molecular flexibility index (Phi) is 2.07. The van der Waals surface area contributed by atoms with E-state index in [1.165, 1.54) is 18.2 Å². The first-order valence-corrected chi connectivity index (χ1v) is 4.39. The summed E-state index contributed by atoms with van der Waals surface area (Å²) >= 11 is 0. The fourth-order valence-electron chi connectivity index (χ4n) is 1.27. The van der Waals surface area contributed by atoms with Gasteiger partial charge in [0.15, 0.2) is 17.6 Å². The SMILES string of the molecule is C=C1Oc2cc([N+](=O)[O-])ccc2OC1C. The van der Waals surface area contributed by atoms with Gasteiger partial charge in [-0.2, -0.15) is 0 Å². The molecule has 1 aliphatic rings. The molecule has 1 heterocycles. The molecule has 1 aliphatic heterocycles. The lowest BCUT2D eigenvalue weighted by molar-refractivity contribution is -0.385. The molecule has 1 aromatic carbocycles. The van der Waals surface area contributed by atoms with Crippen molar-refractivity contribution in [2.45, 2.75) is 13.0 Å². The van der Waals surface area contributed by atoms with E-state index in [1.807, 2.05) is 0 Å². The van der Waals surface area contributed by atoms with Crippen LogP contribution in [0.2, 0.25) is 0 Å². The van der Waals surface area contributed by atoms with Crippen LogP contribution in [-0.2, 0) is 0 Å². The van der Waals surface area contributed by atoms with Gasteiger partial charge in [0, 0.05) is 6.07 Å². The van der Waals surface area contributed by atoms with E-state index in [-0.39, 0.29) is 11.8 Å². The Morgan fingerprint density at radius 3 is 2.87 bits per heavy atom. The molecule has 0 spiro atoms. The van der Waals surface area contributed by atoms with Gasteiger partial charge in [-0.15, -0.1) is 0 Å². The number of fused-ring (bicyclic) bond motifs is 1. The summed E-state index contributed by atoms with van der Waals surface area (Å²) in [5.41, 5.74) is -0.0281. The molecular formula is C10H9NO4. The number of hydrogen-bond acceptors (Lipinski definition) is 4. The summed E-state index contributed by atoms with van der Waals surface area (Å²) < 4.78 is 10.7. The molecule has 5 nitrogen and oxygen atoms in total. The van der Waals surface area contributed by atoms with Crippen LogP contribution in [0.25, 0.3) is 0 Å². The molecule has 2 rings (SSSR count). The monoisotopic (exact) mass is 207 g/mol. The van der Waals surface area contributed by atoms with E-state index < -0.39 is 4.92 Å². The lowest BCUT2D eigenvalue weighted by Crippen LogP contribution is -2.22. The standard InChI is InChI=1S/C10H9NO4/c1-6-7(2)15-10-5-8(11(12)13)3-4-9(10)14-6/h3-6H,2H2,1H3. The van der Waals surface area contributed by atoms with E-state index in [4.69, 9.17) is 9.47 Å². The molecule has 0 N–H and O–H groups in total. The summed E-state index contributed by atoms with van der Waals surface area (Å²) in [5.74, 6) is 1.29. The number of ether oxygens (including phenoxy) is 2. The Morgan fingerprint density at radius 1 is 1.47 bits per heavy atom. The van der Waals surface area contributed by atoms with E-state index in [2.05, 4.69) is 6.58 Å². The molecule has 0 bridgehead atoms. The van der Waals surface area contributed by atoms with Gasteiger partial charge >= 0.3 is 0 Å². The van der Waals surface area contributed by atoms with Crippen LogP contribution in [0.15, 0.2) is 30.5 Å². The van der Waals surface area contributed by atoms with Crippen LogP contribution >= 0.6 is 0 Å². The van der Waals surface area contributed by atoms with Crippen molar-refractivity contribution >= 4 is 5.69 Å². The number of non-ortho nitro benzene ring substituents is 1. The third kappa shape index (κ3) is 1.63. The zero-order chi connectivity index (χ0) is 11.0. The second-order valence-electron chi connectivity index (χ2n) is 3.22. The van der Waals surface area contributed by atoms with Crippen LogP contribution in [0, 0.1) is 10.1 Å². The van der Waals surface area contributed by atoms with Gasteiger partial charge in [-0.25, -0.2) is 0 Å². The molecule has 0 radical (unpaired) electrons. The molecule has 15 heavy (non-hydrogen) atoms. The maximum absolute atomic E-state index is 10.5. The molecule has 0 saturated heterocycles. The maximum Gasteiger partial charge on any atom is 0.273 e. The second kappa shape index (κ2) is 3.27. The lowest BCUT2D eigenvalue weighted by atomic mass is 10.2. The zero-order valence-corrected chi connectivity index (χ0v) is 8.10. The van der Waals surface area contributed by atoms with Gasteiger partial charge in [0.1, 0.15) is 5.76 Å². The van der Waals surface area contributed by atoms with Crippen LogP contribution in [0.1, 0.15) is 6.92 Å². The highest BCUT2D eigenvalue weighted by Gasteiger charge is 2.23. The van der Waals surface area contributed by atoms with E-state index >= 15 is 0 Å². The first kappa shape index (κ1) is 9.51. The topological polar surface area (TPSA) is 61.6 Å². The molecular weight excluding hydrogens is 198 g/mol. The van der Waals surface area contributed by atoms with Gasteiger partial charge < -0.3 is 9.47 Å². The van der Waals surface area contributed by atoms with E-state index in [0.717, 1.165) is 0 Å². The number of nitro groups is 1. The summed E-state index contributed by atoms with van der Waals surface area (Å²) in [6, 6.07) is 4.23. The highest BCUT2D eigenvalue weighted by atomic mass is 16.6. The fourth-order valence-corrected chi connectivity index (χ4v) is 1.27. The first-order valence-electron chi connectivity index (χ1n) is 4.39. The van der Waals surface area contributed by atoms with E-state index in [1.54, 1.807) is 6.92 Å². The van der Waals surface area contributed by atoms with Crippen LogP contribution in [-0.4, -0.2) is 11.0 Å². The number of rotatable bonds is 1. The summed E-state index contributed by atoms with van der Waals surface area (Å²) in [6.45, 7) is 5.45. The van der Waals surface area contributed by atoms with Gasteiger partial charge in [-0.1, -0.05) is 6.58 Å². The highest BCUT2D eigenvalue weighted by molar-refractivity contribution is 5.50. The lowest BCUT2D eigenvalue weighted by Gasteiger charge is -2.24. The van der Waals surface area contributed by atoms with Gasteiger partial charge in [-0.3, -0.25) is 10.1 Å².